The summed E-state index contributed by atoms with van der Waals surface area (Å²) in [6.07, 6.45) is 0.635. The first kappa shape index (κ1) is 17.7. The Kier molecular flexibility index (Phi) is 6.09. The molecule has 0 spiro atoms. The lowest BCUT2D eigenvalue weighted by Gasteiger charge is -2.23. The van der Waals surface area contributed by atoms with E-state index in [0.29, 0.717) is 17.7 Å². The summed E-state index contributed by atoms with van der Waals surface area (Å²) >= 11 is 0. The van der Waals surface area contributed by atoms with Crippen LogP contribution in [-0.2, 0) is 11.2 Å². The van der Waals surface area contributed by atoms with E-state index in [-0.39, 0.29) is 17.9 Å². The van der Waals surface area contributed by atoms with Crippen LogP contribution in [-0.4, -0.2) is 43.9 Å². The quantitative estimate of drug-likeness (QED) is 0.855. The number of nitrogens with one attached hydrogen (secondary N) is 2. The summed E-state index contributed by atoms with van der Waals surface area (Å²) in [5.74, 6) is -0.223. The van der Waals surface area contributed by atoms with Crippen LogP contribution in [0.1, 0.15) is 15.9 Å². The number of hydrogen-bond donors (Lipinski definition) is 2. The number of likely N-dealkylation sites (N-methyl/N-ethyl adjacent to an activating group) is 1. The molecule has 1 atom stereocenters. The zero-order valence-corrected chi connectivity index (χ0v) is 14.2. The second-order valence-electron chi connectivity index (χ2n) is 5.81. The van der Waals surface area contributed by atoms with Gasteiger partial charge in [0, 0.05) is 18.3 Å². The zero-order chi connectivity index (χ0) is 17.5. The first-order valence-corrected chi connectivity index (χ1v) is 7.84. The third-order valence-electron chi connectivity index (χ3n) is 3.84. The van der Waals surface area contributed by atoms with Gasteiger partial charge in [-0.3, -0.25) is 14.5 Å². The van der Waals surface area contributed by atoms with Gasteiger partial charge in [0.15, 0.2) is 0 Å². The van der Waals surface area contributed by atoms with Gasteiger partial charge < -0.3 is 10.6 Å². The van der Waals surface area contributed by atoms with Crippen molar-refractivity contribution in [2.24, 2.45) is 0 Å². The van der Waals surface area contributed by atoms with Gasteiger partial charge in [-0.1, -0.05) is 30.3 Å². The maximum Gasteiger partial charge on any atom is 0.251 e. The smallest absolute Gasteiger partial charge is 0.251 e. The average Bonchev–Trinajstić information content (AvgIpc) is 2.60. The van der Waals surface area contributed by atoms with Gasteiger partial charge in [0.25, 0.3) is 5.91 Å². The molecule has 2 aromatic carbocycles. The first-order chi connectivity index (χ1) is 11.5. The summed E-state index contributed by atoms with van der Waals surface area (Å²) in [4.78, 5) is 26.0. The van der Waals surface area contributed by atoms with Gasteiger partial charge in [0.05, 0.1) is 6.04 Å². The summed E-state index contributed by atoms with van der Waals surface area (Å²) in [7, 11) is 5.37. The highest BCUT2D eigenvalue weighted by Gasteiger charge is 2.21. The SMILES string of the molecule is CNC(=O)c1ccc(NC(=O)C(Cc2ccccc2)N(C)C)cc1. The standard InChI is InChI=1S/C19H23N3O2/c1-20-18(23)15-9-11-16(12-10-15)21-19(24)17(22(2)3)13-14-7-5-4-6-8-14/h4-12,17H,13H2,1-3H3,(H,20,23)(H,21,24). The Balaban J connectivity index is 2.06. The zero-order valence-electron chi connectivity index (χ0n) is 14.2. The fraction of sp³-hybridized carbons (Fsp3) is 0.263. The first-order valence-electron chi connectivity index (χ1n) is 7.84. The van der Waals surface area contributed by atoms with Crippen molar-refractivity contribution < 1.29 is 9.59 Å². The van der Waals surface area contributed by atoms with Gasteiger partial charge in [0.2, 0.25) is 5.91 Å². The van der Waals surface area contributed by atoms with Crippen molar-refractivity contribution in [3.8, 4) is 0 Å². The molecule has 5 nitrogen and oxygen atoms in total. The van der Waals surface area contributed by atoms with Gasteiger partial charge >= 0.3 is 0 Å². The van der Waals surface area contributed by atoms with Crippen molar-refractivity contribution >= 4 is 17.5 Å². The number of anilines is 1. The van der Waals surface area contributed by atoms with E-state index in [9.17, 15) is 9.59 Å². The van der Waals surface area contributed by atoms with Crippen LogP contribution in [0.4, 0.5) is 5.69 Å². The largest absolute Gasteiger partial charge is 0.355 e. The van der Waals surface area contributed by atoms with Crippen LogP contribution in [0.3, 0.4) is 0 Å². The number of rotatable bonds is 6. The van der Waals surface area contributed by atoms with E-state index in [1.54, 1.807) is 31.3 Å². The summed E-state index contributed by atoms with van der Waals surface area (Å²) in [6.45, 7) is 0. The molecule has 0 fully saturated rings. The summed E-state index contributed by atoms with van der Waals surface area (Å²) in [5.41, 5.74) is 2.35. The van der Waals surface area contributed by atoms with E-state index < -0.39 is 0 Å². The van der Waals surface area contributed by atoms with E-state index in [0.717, 1.165) is 5.56 Å². The Labute approximate surface area is 142 Å². The second-order valence-corrected chi connectivity index (χ2v) is 5.81. The monoisotopic (exact) mass is 325 g/mol. The molecule has 1 unspecified atom stereocenters. The Morgan fingerprint density at radius 1 is 1.00 bits per heavy atom. The molecule has 0 aliphatic carbocycles. The maximum absolute atomic E-state index is 12.6. The molecular formula is C19H23N3O2. The molecule has 0 aliphatic rings. The van der Waals surface area contributed by atoms with Crippen molar-refractivity contribution in [2.45, 2.75) is 12.5 Å². The molecule has 0 heterocycles. The van der Waals surface area contributed by atoms with Crippen LogP contribution >= 0.6 is 0 Å². The van der Waals surface area contributed by atoms with Crippen molar-refractivity contribution in [3.63, 3.8) is 0 Å². The summed E-state index contributed by atoms with van der Waals surface area (Å²) in [6, 6.07) is 16.5. The van der Waals surface area contributed by atoms with Gasteiger partial charge in [0.1, 0.15) is 0 Å². The van der Waals surface area contributed by atoms with Crippen molar-refractivity contribution in [1.82, 2.24) is 10.2 Å². The lowest BCUT2D eigenvalue weighted by molar-refractivity contribution is -0.120. The minimum absolute atomic E-state index is 0.0726. The van der Waals surface area contributed by atoms with Crippen LogP contribution in [0.5, 0.6) is 0 Å². The molecule has 0 radical (unpaired) electrons. The van der Waals surface area contributed by atoms with Crippen LogP contribution < -0.4 is 10.6 Å². The molecule has 126 valence electrons. The maximum atomic E-state index is 12.6. The predicted molar refractivity (Wildman–Crippen MR) is 96.1 cm³/mol. The van der Waals surface area contributed by atoms with E-state index in [1.165, 1.54) is 0 Å². The van der Waals surface area contributed by atoms with E-state index in [2.05, 4.69) is 10.6 Å². The molecule has 0 aliphatic heterocycles. The summed E-state index contributed by atoms with van der Waals surface area (Å²) in [5, 5.41) is 5.48. The number of carbonyl (C=O) groups is 2. The highest BCUT2D eigenvalue weighted by Crippen LogP contribution is 2.13. The predicted octanol–water partition coefficient (Wildman–Crippen LogP) is 2.16. The fourth-order valence-electron chi connectivity index (χ4n) is 2.42. The number of nitrogens with zero attached hydrogens (tertiary/aromatic N) is 1. The molecule has 0 aromatic heterocycles. The van der Waals surface area contributed by atoms with Crippen molar-refractivity contribution in [3.05, 3.63) is 65.7 Å². The van der Waals surface area contributed by atoms with E-state index in [1.807, 2.05) is 49.3 Å². The van der Waals surface area contributed by atoms with Crippen LogP contribution in [0.15, 0.2) is 54.6 Å². The van der Waals surface area contributed by atoms with E-state index >= 15 is 0 Å². The minimum Gasteiger partial charge on any atom is -0.355 e. The average molecular weight is 325 g/mol. The Bertz CT molecular complexity index is 682. The third-order valence-corrected chi connectivity index (χ3v) is 3.84. The van der Waals surface area contributed by atoms with Crippen molar-refractivity contribution in [1.29, 1.82) is 0 Å². The molecule has 24 heavy (non-hydrogen) atoms. The van der Waals surface area contributed by atoms with Gasteiger partial charge in [-0.25, -0.2) is 0 Å². The molecule has 2 aromatic rings. The minimum atomic E-state index is -0.272. The van der Waals surface area contributed by atoms with Gasteiger partial charge in [-0.15, -0.1) is 0 Å². The number of amides is 2. The molecule has 5 heteroatoms. The lowest BCUT2D eigenvalue weighted by Crippen LogP contribution is -2.41. The Morgan fingerprint density at radius 3 is 2.17 bits per heavy atom. The molecule has 0 saturated carbocycles. The van der Waals surface area contributed by atoms with Gasteiger partial charge in [-0.05, 0) is 50.3 Å². The molecule has 2 amide bonds. The molecule has 0 bridgehead atoms. The van der Waals surface area contributed by atoms with Crippen LogP contribution in [0.2, 0.25) is 0 Å². The lowest BCUT2D eigenvalue weighted by atomic mass is 10.0. The fourth-order valence-corrected chi connectivity index (χ4v) is 2.42. The Morgan fingerprint density at radius 2 is 1.62 bits per heavy atom. The van der Waals surface area contributed by atoms with Gasteiger partial charge in [-0.2, -0.15) is 0 Å². The molecule has 2 rings (SSSR count). The normalized spacial score (nSPS) is 11.8. The topological polar surface area (TPSA) is 61.4 Å². The molecular weight excluding hydrogens is 302 g/mol. The highest BCUT2D eigenvalue weighted by molar-refractivity contribution is 5.97. The second kappa shape index (κ2) is 8.26. The van der Waals surface area contributed by atoms with Crippen LogP contribution in [0, 0.1) is 0 Å². The molecule has 0 saturated heterocycles. The third kappa shape index (κ3) is 4.67. The van der Waals surface area contributed by atoms with E-state index in [4.69, 9.17) is 0 Å². The number of carbonyl (C=O) groups excluding carboxylic acids is 2. The summed E-state index contributed by atoms with van der Waals surface area (Å²) < 4.78 is 0. The van der Waals surface area contributed by atoms with Crippen LogP contribution in [0.25, 0.3) is 0 Å². The van der Waals surface area contributed by atoms with Crippen molar-refractivity contribution in [2.75, 3.05) is 26.5 Å². The Hall–Kier alpha value is -2.66. The number of hydrogen-bond acceptors (Lipinski definition) is 3. The highest BCUT2D eigenvalue weighted by atomic mass is 16.2. The molecule has 2 N–H and O–H groups in total. The number of benzene rings is 2.